The second-order valence-corrected chi connectivity index (χ2v) is 4.21. The molecular weight excluding hydrogens is 214 g/mol. The fourth-order valence-electron chi connectivity index (χ4n) is 1.98. The minimum atomic E-state index is 0.320. The molecule has 0 aliphatic heterocycles. The zero-order valence-electron chi connectivity index (χ0n) is 11.2. The molecule has 1 aromatic rings. The molecule has 0 radical (unpaired) electrons. The van der Waals surface area contributed by atoms with Gasteiger partial charge < -0.3 is 15.4 Å². The van der Waals surface area contributed by atoms with E-state index >= 15 is 0 Å². The fourth-order valence-corrected chi connectivity index (χ4v) is 1.98. The number of aryl methyl sites for hydroxylation is 1. The van der Waals surface area contributed by atoms with E-state index in [1.807, 2.05) is 13.0 Å². The van der Waals surface area contributed by atoms with Crippen LogP contribution < -0.4 is 10.6 Å². The van der Waals surface area contributed by atoms with Gasteiger partial charge in [0.2, 0.25) is 0 Å². The summed E-state index contributed by atoms with van der Waals surface area (Å²) in [4.78, 5) is 6.84. The topological polar surface area (TPSA) is 51.4 Å². The van der Waals surface area contributed by atoms with Crippen molar-refractivity contribution in [3.05, 3.63) is 23.4 Å². The first kappa shape index (κ1) is 13.9. The van der Waals surface area contributed by atoms with Gasteiger partial charge >= 0.3 is 0 Å². The average Bonchev–Trinajstić information content (AvgIpc) is 2.30. The zero-order chi connectivity index (χ0) is 12.8. The Labute approximate surface area is 104 Å². The third-order valence-electron chi connectivity index (χ3n) is 2.98. The number of hydrogen-bond donors (Lipinski definition) is 1. The van der Waals surface area contributed by atoms with Gasteiger partial charge in [0.15, 0.2) is 0 Å². The molecule has 0 saturated heterocycles. The molecule has 0 amide bonds. The van der Waals surface area contributed by atoms with Crippen molar-refractivity contribution in [1.29, 1.82) is 0 Å². The van der Waals surface area contributed by atoms with Crippen molar-refractivity contribution in [2.75, 3.05) is 25.2 Å². The highest BCUT2D eigenvalue weighted by molar-refractivity contribution is 5.42. The molecule has 4 heteroatoms. The van der Waals surface area contributed by atoms with Crippen molar-refractivity contribution in [1.82, 2.24) is 4.98 Å². The van der Waals surface area contributed by atoms with E-state index in [0.29, 0.717) is 19.2 Å². The largest absolute Gasteiger partial charge is 0.383 e. The molecule has 0 saturated carbocycles. The third kappa shape index (κ3) is 3.41. The number of aromatic nitrogens is 1. The van der Waals surface area contributed by atoms with Crippen molar-refractivity contribution < 1.29 is 4.74 Å². The lowest BCUT2D eigenvalue weighted by Crippen LogP contribution is -2.36. The Bertz CT molecular complexity index is 355. The van der Waals surface area contributed by atoms with Crippen molar-refractivity contribution in [2.24, 2.45) is 5.73 Å². The molecule has 0 bridgehead atoms. The maximum Gasteiger partial charge on any atom is 0.129 e. The molecule has 4 nitrogen and oxygen atoms in total. The lowest BCUT2D eigenvalue weighted by molar-refractivity contribution is 0.181. The second kappa shape index (κ2) is 6.57. The number of likely N-dealkylation sites (N-methyl/N-ethyl adjacent to an activating group) is 1. The van der Waals surface area contributed by atoms with Crippen LogP contribution >= 0.6 is 0 Å². The van der Waals surface area contributed by atoms with Crippen LogP contribution in [0.15, 0.2) is 12.1 Å². The lowest BCUT2D eigenvalue weighted by Gasteiger charge is -2.29. The van der Waals surface area contributed by atoms with Gasteiger partial charge in [-0.15, -0.1) is 0 Å². The maximum atomic E-state index is 5.64. The average molecular weight is 237 g/mol. The molecule has 96 valence electrons. The third-order valence-corrected chi connectivity index (χ3v) is 2.98. The van der Waals surface area contributed by atoms with Gasteiger partial charge in [-0.1, -0.05) is 6.07 Å². The van der Waals surface area contributed by atoms with Crippen LogP contribution in [0.5, 0.6) is 0 Å². The van der Waals surface area contributed by atoms with Crippen LogP contribution in [0.4, 0.5) is 5.82 Å². The van der Waals surface area contributed by atoms with Gasteiger partial charge in [0.05, 0.1) is 12.6 Å². The number of nitrogens with two attached hydrogens (primary N) is 1. The van der Waals surface area contributed by atoms with Crippen LogP contribution in [0, 0.1) is 6.92 Å². The van der Waals surface area contributed by atoms with Crippen LogP contribution in [0.2, 0.25) is 0 Å². The minimum Gasteiger partial charge on any atom is -0.383 e. The van der Waals surface area contributed by atoms with Crippen LogP contribution in [-0.4, -0.2) is 31.3 Å². The highest BCUT2D eigenvalue weighted by atomic mass is 16.5. The van der Waals surface area contributed by atoms with E-state index in [2.05, 4.69) is 29.8 Å². The SMILES string of the molecule is CCN(c1ccc(CN)c(C)n1)C(C)COC. The first-order valence-corrected chi connectivity index (χ1v) is 6.06. The quantitative estimate of drug-likeness (QED) is 0.818. The van der Waals surface area contributed by atoms with Gasteiger partial charge in [0.1, 0.15) is 5.82 Å². The number of pyridine rings is 1. The van der Waals surface area contributed by atoms with E-state index in [1.54, 1.807) is 7.11 Å². The Morgan fingerprint density at radius 3 is 2.65 bits per heavy atom. The molecule has 0 aliphatic rings. The molecule has 1 aromatic heterocycles. The Hall–Kier alpha value is -1.13. The normalized spacial score (nSPS) is 12.5. The molecule has 17 heavy (non-hydrogen) atoms. The van der Waals surface area contributed by atoms with Gasteiger partial charge in [-0.25, -0.2) is 4.98 Å². The summed E-state index contributed by atoms with van der Waals surface area (Å²) in [7, 11) is 1.72. The van der Waals surface area contributed by atoms with Crippen LogP contribution in [0.1, 0.15) is 25.1 Å². The van der Waals surface area contributed by atoms with Gasteiger partial charge in [0, 0.05) is 25.9 Å². The van der Waals surface area contributed by atoms with E-state index < -0.39 is 0 Å². The van der Waals surface area contributed by atoms with Gasteiger partial charge in [-0.2, -0.15) is 0 Å². The highest BCUT2D eigenvalue weighted by Crippen LogP contribution is 2.17. The number of ether oxygens (including phenoxy) is 1. The molecule has 1 unspecified atom stereocenters. The summed E-state index contributed by atoms with van der Waals surface area (Å²) in [5.74, 6) is 0.992. The number of hydrogen-bond acceptors (Lipinski definition) is 4. The summed E-state index contributed by atoms with van der Waals surface area (Å²) in [5, 5.41) is 0. The van der Waals surface area contributed by atoms with Crippen molar-refractivity contribution in [3.63, 3.8) is 0 Å². The monoisotopic (exact) mass is 237 g/mol. The van der Waals surface area contributed by atoms with E-state index in [-0.39, 0.29) is 0 Å². The number of nitrogens with zero attached hydrogens (tertiary/aromatic N) is 2. The van der Waals surface area contributed by atoms with Crippen molar-refractivity contribution in [3.8, 4) is 0 Å². The molecule has 0 spiro atoms. The summed E-state index contributed by atoms with van der Waals surface area (Å²) < 4.78 is 5.19. The first-order valence-electron chi connectivity index (χ1n) is 6.06. The number of rotatable bonds is 6. The lowest BCUT2D eigenvalue weighted by atomic mass is 10.2. The summed E-state index contributed by atoms with van der Waals surface area (Å²) >= 11 is 0. The maximum absolute atomic E-state index is 5.64. The first-order chi connectivity index (χ1) is 8.13. The molecule has 0 aliphatic carbocycles. The van der Waals surface area contributed by atoms with Crippen molar-refractivity contribution >= 4 is 5.82 Å². The summed E-state index contributed by atoms with van der Waals surface area (Å²) in [6.07, 6.45) is 0. The molecule has 2 N–H and O–H groups in total. The molecular formula is C13H23N3O. The van der Waals surface area contributed by atoms with Gasteiger partial charge in [-0.05, 0) is 32.4 Å². The van der Waals surface area contributed by atoms with Crippen molar-refractivity contribution in [2.45, 2.75) is 33.4 Å². The van der Waals surface area contributed by atoms with Gasteiger partial charge in [0.25, 0.3) is 0 Å². The van der Waals surface area contributed by atoms with Crippen LogP contribution in [0.25, 0.3) is 0 Å². The van der Waals surface area contributed by atoms with E-state index in [0.717, 1.165) is 23.6 Å². The van der Waals surface area contributed by atoms with Gasteiger partial charge in [-0.3, -0.25) is 0 Å². The predicted octanol–water partition coefficient (Wildman–Crippen LogP) is 1.71. The summed E-state index contributed by atoms with van der Waals surface area (Å²) in [6.45, 7) is 8.42. The Morgan fingerprint density at radius 1 is 1.47 bits per heavy atom. The second-order valence-electron chi connectivity index (χ2n) is 4.21. The van der Waals surface area contributed by atoms with E-state index in [9.17, 15) is 0 Å². The molecule has 1 heterocycles. The highest BCUT2D eigenvalue weighted by Gasteiger charge is 2.14. The Kier molecular flexibility index (Phi) is 5.38. The number of methoxy groups -OCH3 is 1. The van der Waals surface area contributed by atoms with E-state index in [4.69, 9.17) is 10.5 Å². The van der Waals surface area contributed by atoms with Crippen LogP contribution in [-0.2, 0) is 11.3 Å². The standard InChI is InChI=1S/C13H23N3O/c1-5-16(10(2)9-17-4)13-7-6-12(8-14)11(3)15-13/h6-7,10H,5,8-9,14H2,1-4H3. The molecule has 0 aromatic carbocycles. The molecule has 1 atom stereocenters. The Balaban J connectivity index is 2.92. The predicted molar refractivity (Wildman–Crippen MR) is 71.2 cm³/mol. The summed E-state index contributed by atoms with van der Waals surface area (Å²) in [5.41, 5.74) is 7.75. The fraction of sp³-hybridized carbons (Fsp3) is 0.615. The Morgan fingerprint density at radius 2 is 2.18 bits per heavy atom. The van der Waals surface area contributed by atoms with E-state index in [1.165, 1.54) is 0 Å². The smallest absolute Gasteiger partial charge is 0.129 e. The van der Waals surface area contributed by atoms with Crippen LogP contribution in [0.3, 0.4) is 0 Å². The number of anilines is 1. The zero-order valence-corrected chi connectivity index (χ0v) is 11.2. The summed E-state index contributed by atoms with van der Waals surface area (Å²) in [6, 6.07) is 4.41. The molecule has 0 fully saturated rings. The minimum absolute atomic E-state index is 0.320. The molecule has 1 rings (SSSR count).